The Morgan fingerprint density at radius 3 is 2.31 bits per heavy atom. The molecule has 3 atom stereocenters. The smallest absolute Gasteiger partial charge is 0.264 e. The summed E-state index contributed by atoms with van der Waals surface area (Å²) in [6, 6.07) is 35.2. The molecule has 3 unspecified atom stereocenters. The van der Waals surface area contributed by atoms with Crippen LogP contribution in [0.15, 0.2) is 115 Å². The van der Waals surface area contributed by atoms with E-state index in [2.05, 4.69) is 16.0 Å². The molecule has 210 valence electrons. The summed E-state index contributed by atoms with van der Waals surface area (Å²) in [5, 5.41) is 10.3. The van der Waals surface area contributed by atoms with E-state index in [1.165, 1.54) is 0 Å². The van der Waals surface area contributed by atoms with Crippen molar-refractivity contribution in [1.82, 2.24) is 16.0 Å². The highest BCUT2D eigenvalue weighted by Gasteiger charge is 2.36. The van der Waals surface area contributed by atoms with Gasteiger partial charge < -0.3 is 15.5 Å². The van der Waals surface area contributed by atoms with E-state index in [1.54, 1.807) is 35.4 Å². The molecule has 0 saturated heterocycles. The SMILES string of the molecule is CN1C(=O)C(NC(=O)C(NC(=O)Cc2cc3ccccc3s2)c2ccccc2)NC(c2ccccc2)c2ccccc21. The molecular weight excluding hydrogens is 544 g/mol. The Kier molecular flexibility index (Phi) is 7.81. The number of benzene rings is 4. The summed E-state index contributed by atoms with van der Waals surface area (Å²) in [4.78, 5) is 43.3. The molecule has 0 saturated carbocycles. The molecule has 7 nitrogen and oxygen atoms in total. The molecule has 0 fully saturated rings. The van der Waals surface area contributed by atoms with Gasteiger partial charge in [-0.2, -0.15) is 0 Å². The van der Waals surface area contributed by atoms with Crippen molar-refractivity contribution in [2.24, 2.45) is 0 Å². The van der Waals surface area contributed by atoms with Crippen molar-refractivity contribution in [2.75, 3.05) is 11.9 Å². The summed E-state index contributed by atoms with van der Waals surface area (Å²) in [7, 11) is 1.71. The van der Waals surface area contributed by atoms with E-state index in [4.69, 9.17) is 0 Å². The highest BCUT2D eigenvalue weighted by atomic mass is 32.1. The molecule has 6 rings (SSSR count). The normalized spacial score (nSPS) is 17.3. The maximum Gasteiger partial charge on any atom is 0.264 e. The Morgan fingerprint density at radius 2 is 1.55 bits per heavy atom. The second-order valence-corrected chi connectivity index (χ2v) is 11.4. The summed E-state index contributed by atoms with van der Waals surface area (Å²) in [6.07, 6.45) is -0.893. The Morgan fingerprint density at radius 1 is 0.881 bits per heavy atom. The fourth-order valence-corrected chi connectivity index (χ4v) is 6.43. The summed E-state index contributed by atoms with van der Waals surface area (Å²) in [6.45, 7) is 0. The number of para-hydroxylation sites is 1. The fourth-order valence-electron chi connectivity index (χ4n) is 5.37. The first kappa shape index (κ1) is 27.4. The molecule has 1 aromatic heterocycles. The molecule has 3 N–H and O–H groups in total. The third kappa shape index (κ3) is 5.68. The molecule has 42 heavy (non-hydrogen) atoms. The van der Waals surface area contributed by atoms with Crippen LogP contribution in [0.2, 0.25) is 0 Å². The van der Waals surface area contributed by atoms with E-state index in [1.807, 2.05) is 103 Å². The first-order valence-electron chi connectivity index (χ1n) is 13.8. The van der Waals surface area contributed by atoms with Crippen LogP contribution in [0.5, 0.6) is 0 Å². The monoisotopic (exact) mass is 574 g/mol. The van der Waals surface area contributed by atoms with Gasteiger partial charge in [-0.25, -0.2) is 0 Å². The zero-order chi connectivity index (χ0) is 29.1. The first-order chi connectivity index (χ1) is 20.5. The van der Waals surface area contributed by atoms with Crippen LogP contribution >= 0.6 is 11.3 Å². The predicted octanol–water partition coefficient (Wildman–Crippen LogP) is 5.10. The number of fused-ring (bicyclic) bond motifs is 2. The number of amides is 3. The highest BCUT2D eigenvalue weighted by molar-refractivity contribution is 7.19. The number of anilines is 1. The van der Waals surface area contributed by atoms with Gasteiger partial charge in [0.2, 0.25) is 11.8 Å². The van der Waals surface area contributed by atoms with E-state index >= 15 is 0 Å². The lowest BCUT2D eigenvalue weighted by Gasteiger charge is -2.26. The van der Waals surface area contributed by atoms with Crippen LogP contribution in [0.4, 0.5) is 5.69 Å². The van der Waals surface area contributed by atoms with Crippen LogP contribution in [0.3, 0.4) is 0 Å². The molecule has 4 aromatic carbocycles. The molecule has 5 aromatic rings. The molecule has 2 heterocycles. The van der Waals surface area contributed by atoms with Gasteiger partial charge in [0.05, 0.1) is 12.5 Å². The van der Waals surface area contributed by atoms with Gasteiger partial charge in [-0.05, 0) is 40.3 Å². The van der Waals surface area contributed by atoms with Crippen LogP contribution in [0.1, 0.15) is 33.7 Å². The van der Waals surface area contributed by atoms with Crippen molar-refractivity contribution in [2.45, 2.75) is 24.7 Å². The second-order valence-electron chi connectivity index (χ2n) is 10.2. The fraction of sp³-hybridized carbons (Fsp3) is 0.147. The molecular formula is C34H30N4O3S. The minimum atomic E-state index is -1.04. The summed E-state index contributed by atoms with van der Waals surface area (Å²) >= 11 is 1.56. The van der Waals surface area contributed by atoms with E-state index in [0.717, 1.165) is 31.8 Å². The maximum absolute atomic E-state index is 13.9. The lowest BCUT2D eigenvalue weighted by atomic mass is 9.97. The average molecular weight is 575 g/mol. The largest absolute Gasteiger partial charge is 0.340 e. The van der Waals surface area contributed by atoms with Crippen LogP contribution in [-0.4, -0.2) is 30.9 Å². The van der Waals surface area contributed by atoms with Crippen molar-refractivity contribution in [3.63, 3.8) is 0 Å². The predicted molar refractivity (Wildman–Crippen MR) is 166 cm³/mol. The van der Waals surface area contributed by atoms with Crippen LogP contribution in [0.25, 0.3) is 10.1 Å². The lowest BCUT2D eigenvalue weighted by Crippen LogP contribution is -2.57. The lowest BCUT2D eigenvalue weighted by molar-refractivity contribution is -0.131. The van der Waals surface area contributed by atoms with Gasteiger partial charge in [-0.3, -0.25) is 19.7 Å². The van der Waals surface area contributed by atoms with Gasteiger partial charge in [0.15, 0.2) is 6.17 Å². The molecule has 8 heteroatoms. The van der Waals surface area contributed by atoms with Crippen LogP contribution < -0.4 is 20.9 Å². The maximum atomic E-state index is 13.9. The Labute approximate surface area is 248 Å². The number of hydrogen-bond donors (Lipinski definition) is 3. The summed E-state index contributed by atoms with van der Waals surface area (Å²) in [5.41, 5.74) is 3.27. The van der Waals surface area contributed by atoms with Gasteiger partial charge in [-0.15, -0.1) is 11.3 Å². The quantitative estimate of drug-likeness (QED) is 0.252. The number of rotatable bonds is 7. The number of thiophene rings is 1. The molecule has 0 aliphatic carbocycles. The second kappa shape index (κ2) is 12.0. The van der Waals surface area contributed by atoms with E-state index in [-0.39, 0.29) is 24.3 Å². The van der Waals surface area contributed by atoms with Gasteiger partial charge in [0.1, 0.15) is 6.04 Å². The topological polar surface area (TPSA) is 90.5 Å². The molecule has 0 bridgehead atoms. The highest BCUT2D eigenvalue weighted by Crippen LogP contribution is 2.33. The van der Waals surface area contributed by atoms with E-state index < -0.39 is 18.1 Å². The van der Waals surface area contributed by atoms with Crippen molar-refractivity contribution < 1.29 is 14.4 Å². The summed E-state index contributed by atoms with van der Waals surface area (Å²) in [5.74, 6) is -1.07. The van der Waals surface area contributed by atoms with Gasteiger partial charge in [0, 0.05) is 22.3 Å². The number of carbonyl (C=O) groups excluding carboxylic acids is 3. The Balaban J connectivity index is 1.26. The van der Waals surface area contributed by atoms with Gasteiger partial charge in [0.25, 0.3) is 5.91 Å². The number of hydrogen-bond acceptors (Lipinski definition) is 5. The minimum absolute atomic E-state index is 0.144. The first-order valence-corrected chi connectivity index (χ1v) is 14.6. The minimum Gasteiger partial charge on any atom is -0.340 e. The number of likely N-dealkylation sites (N-methyl/N-ethyl adjacent to an activating group) is 1. The van der Waals surface area contributed by atoms with Gasteiger partial charge >= 0.3 is 0 Å². The Hall–Kier alpha value is -4.79. The zero-order valence-electron chi connectivity index (χ0n) is 23.0. The van der Waals surface area contributed by atoms with Crippen molar-refractivity contribution in [1.29, 1.82) is 0 Å². The number of nitrogens with zero attached hydrogens (tertiary/aromatic N) is 1. The standard InChI is InChI=1S/C34H30N4O3S/c1-38-27-18-10-9-17-26(27)30(22-12-4-2-5-13-22)36-32(34(38)41)37-33(40)31(23-14-6-3-7-15-23)35-29(39)21-25-20-24-16-8-11-19-28(24)42-25/h2-20,30-32,36H,21H2,1H3,(H,35,39)(H,37,40). The van der Waals surface area contributed by atoms with Crippen molar-refractivity contribution in [3.05, 3.63) is 137 Å². The third-order valence-electron chi connectivity index (χ3n) is 7.45. The van der Waals surface area contributed by atoms with E-state index in [9.17, 15) is 14.4 Å². The average Bonchev–Trinajstić information content (AvgIpc) is 3.40. The van der Waals surface area contributed by atoms with Gasteiger partial charge in [-0.1, -0.05) is 97.1 Å². The van der Waals surface area contributed by atoms with Crippen LogP contribution in [-0.2, 0) is 20.8 Å². The molecule has 1 aliphatic heterocycles. The van der Waals surface area contributed by atoms with Crippen molar-refractivity contribution in [3.8, 4) is 0 Å². The summed E-state index contributed by atoms with van der Waals surface area (Å²) < 4.78 is 1.11. The van der Waals surface area contributed by atoms with E-state index in [0.29, 0.717) is 5.56 Å². The zero-order valence-corrected chi connectivity index (χ0v) is 23.8. The number of carbonyl (C=O) groups is 3. The molecule has 1 aliphatic rings. The van der Waals surface area contributed by atoms with Crippen molar-refractivity contribution >= 4 is 44.8 Å². The molecule has 3 amide bonds. The number of nitrogens with one attached hydrogen (secondary N) is 3. The van der Waals surface area contributed by atoms with Crippen LogP contribution in [0, 0.1) is 0 Å². The third-order valence-corrected chi connectivity index (χ3v) is 8.57. The Bertz CT molecular complexity index is 1700. The molecule has 0 spiro atoms. The molecule has 0 radical (unpaired) electrons.